The first kappa shape index (κ1) is 35.3. The summed E-state index contributed by atoms with van der Waals surface area (Å²) >= 11 is 0. The lowest BCUT2D eigenvalue weighted by Gasteiger charge is -2.41. The Morgan fingerprint density at radius 3 is 2.08 bits per heavy atom. The zero-order valence-corrected chi connectivity index (χ0v) is 26.7. The molecule has 4 N–H and O–H groups in total. The van der Waals surface area contributed by atoms with Gasteiger partial charge in [-0.25, -0.2) is 18.1 Å². The van der Waals surface area contributed by atoms with Gasteiger partial charge in [-0.3, -0.25) is 0 Å². The first-order valence-corrected chi connectivity index (χ1v) is 16.7. The van der Waals surface area contributed by atoms with Crippen molar-refractivity contribution in [1.82, 2.24) is 14.3 Å². The first-order valence-electron chi connectivity index (χ1n) is 15.2. The van der Waals surface area contributed by atoms with Crippen LogP contribution in [0.15, 0.2) is 102 Å². The van der Waals surface area contributed by atoms with Crippen LogP contribution >= 0.6 is 0 Å². The van der Waals surface area contributed by atoms with E-state index in [1.165, 1.54) is 4.57 Å². The molecule has 9 nitrogen and oxygen atoms in total. The molecule has 0 spiro atoms. The van der Waals surface area contributed by atoms with Gasteiger partial charge in [-0.15, -0.1) is 0 Å². The van der Waals surface area contributed by atoms with Gasteiger partial charge in [0.2, 0.25) is 16.0 Å². The van der Waals surface area contributed by atoms with Crippen molar-refractivity contribution in [2.45, 2.75) is 48.1 Å². The summed E-state index contributed by atoms with van der Waals surface area (Å²) in [6, 6.07) is 20.0. The number of nitrogens with zero attached hydrogens (tertiary/aromatic N) is 2. The number of imidazole rings is 1. The lowest BCUT2D eigenvalue weighted by Crippen LogP contribution is -2.57. The zero-order valence-electron chi connectivity index (χ0n) is 25.9. The van der Waals surface area contributed by atoms with E-state index in [1.807, 2.05) is 54.6 Å². The maximum absolute atomic E-state index is 13.6. The number of fused-ring (bicyclic) bond motifs is 1. The highest BCUT2D eigenvalue weighted by Crippen LogP contribution is 2.37. The van der Waals surface area contributed by atoms with Crippen LogP contribution in [0.2, 0.25) is 0 Å². The number of alkyl halides is 6. The van der Waals surface area contributed by atoms with Gasteiger partial charge in [0.1, 0.15) is 6.10 Å². The van der Waals surface area contributed by atoms with Crippen molar-refractivity contribution >= 4 is 27.0 Å². The predicted molar refractivity (Wildman–Crippen MR) is 171 cm³/mol. The molecule has 1 fully saturated rings. The fourth-order valence-electron chi connectivity index (χ4n) is 5.88. The molecule has 264 valence electrons. The number of rotatable bonds is 9. The molecule has 0 aliphatic carbocycles. The zero-order chi connectivity index (χ0) is 35.8. The minimum Gasteiger partial charge on any atom is -0.394 e. The molecule has 0 radical (unpaired) electrons. The van der Waals surface area contributed by atoms with E-state index >= 15 is 0 Å². The Bertz CT molecular complexity index is 2060. The van der Waals surface area contributed by atoms with Crippen molar-refractivity contribution in [3.63, 3.8) is 0 Å². The number of aliphatic hydroxyl groups excluding tert-OH is 2. The highest BCUT2D eigenvalue weighted by atomic mass is 32.2. The van der Waals surface area contributed by atoms with Crippen LogP contribution in [-0.2, 0) is 33.7 Å². The molecule has 4 atom stereocenters. The number of benzene rings is 4. The van der Waals surface area contributed by atoms with E-state index in [2.05, 4.69) is 15.0 Å². The van der Waals surface area contributed by atoms with Crippen molar-refractivity contribution < 1.29 is 49.7 Å². The van der Waals surface area contributed by atoms with E-state index < -0.39 is 75.9 Å². The highest BCUT2D eigenvalue weighted by Gasteiger charge is 2.44. The van der Waals surface area contributed by atoms with E-state index in [0.717, 1.165) is 47.0 Å². The van der Waals surface area contributed by atoms with Crippen molar-refractivity contribution in [3.05, 3.63) is 114 Å². The molecular formula is C34H30F6N4O5S. The molecule has 1 aliphatic rings. The highest BCUT2D eigenvalue weighted by molar-refractivity contribution is 7.89. The molecule has 1 aromatic heterocycles. The summed E-state index contributed by atoms with van der Waals surface area (Å²) in [6.07, 6.45) is -12.2. The SMILES string of the molecule is O=S(=O)(NC1COC(CO)C(n2c(NCc3ccc(-c4ccccc4)cc3)nc3cc(C(F)(F)F)ccc32)C1O)c1ccc(C(F)(F)F)cc1. The van der Waals surface area contributed by atoms with E-state index in [1.54, 1.807) is 0 Å². The monoisotopic (exact) mass is 720 g/mol. The average Bonchev–Trinajstić information content (AvgIpc) is 3.45. The summed E-state index contributed by atoms with van der Waals surface area (Å²) in [4.78, 5) is 3.89. The number of nitrogens with one attached hydrogen (secondary N) is 2. The third kappa shape index (κ3) is 7.34. The lowest BCUT2D eigenvalue weighted by molar-refractivity contribution is -0.138. The van der Waals surface area contributed by atoms with Gasteiger partial charge in [0.15, 0.2) is 0 Å². The van der Waals surface area contributed by atoms with E-state index in [9.17, 15) is 45.0 Å². The van der Waals surface area contributed by atoms with Gasteiger partial charge in [-0.2, -0.15) is 26.3 Å². The van der Waals surface area contributed by atoms with Gasteiger partial charge in [-0.05, 0) is 59.2 Å². The standard InChI is InChI=1S/C34H30F6N4O5S/c35-33(36,37)23-10-13-25(14-11-23)50(47,48)43-27-19-49-29(18-45)30(31(27)46)44-28-15-12-24(34(38,39)40)16-26(28)42-32(44)41-17-20-6-8-22(9-7-20)21-4-2-1-3-5-21/h1-16,27,29-31,43,45-46H,17-19H2,(H,41,42). The molecule has 16 heteroatoms. The van der Waals surface area contributed by atoms with Crippen molar-refractivity contribution in [3.8, 4) is 11.1 Å². The summed E-state index contributed by atoms with van der Waals surface area (Å²) in [7, 11) is -4.50. The van der Waals surface area contributed by atoms with Crippen LogP contribution in [0.25, 0.3) is 22.2 Å². The number of sulfonamides is 1. The molecule has 0 amide bonds. The lowest BCUT2D eigenvalue weighted by atomic mass is 9.95. The van der Waals surface area contributed by atoms with Crippen LogP contribution in [0.5, 0.6) is 0 Å². The number of hydrogen-bond acceptors (Lipinski definition) is 7. The van der Waals surface area contributed by atoms with Gasteiger partial charge in [0, 0.05) is 6.54 Å². The van der Waals surface area contributed by atoms with Gasteiger partial charge in [-0.1, -0.05) is 54.6 Å². The van der Waals surface area contributed by atoms with Crippen LogP contribution in [-0.4, -0.2) is 59.6 Å². The molecule has 4 unspecified atom stereocenters. The van der Waals surface area contributed by atoms with Gasteiger partial charge in [0.05, 0.1) is 58.5 Å². The minimum atomic E-state index is -4.69. The summed E-state index contributed by atoms with van der Waals surface area (Å²) in [5.41, 5.74) is 0.726. The Labute approximate surface area is 282 Å². The fraction of sp³-hybridized carbons (Fsp3) is 0.265. The summed E-state index contributed by atoms with van der Waals surface area (Å²) in [5.74, 6) is 0.00352. The summed E-state index contributed by atoms with van der Waals surface area (Å²) in [6.45, 7) is -0.965. The predicted octanol–water partition coefficient (Wildman–Crippen LogP) is 5.99. The maximum Gasteiger partial charge on any atom is 0.416 e. The Hall–Kier alpha value is -4.48. The second-order valence-corrected chi connectivity index (χ2v) is 13.4. The van der Waals surface area contributed by atoms with Crippen LogP contribution in [0.3, 0.4) is 0 Å². The van der Waals surface area contributed by atoms with Crippen LogP contribution in [0.1, 0.15) is 22.7 Å². The number of hydrogen-bond donors (Lipinski definition) is 4. The quantitative estimate of drug-likeness (QED) is 0.138. The molecular weight excluding hydrogens is 690 g/mol. The maximum atomic E-state index is 13.6. The van der Waals surface area contributed by atoms with E-state index in [4.69, 9.17) is 4.74 Å². The molecule has 1 saturated heterocycles. The van der Waals surface area contributed by atoms with Crippen LogP contribution in [0, 0.1) is 0 Å². The third-order valence-electron chi connectivity index (χ3n) is 8.44. The number of anilines is 1. The molecule has 1 aliphatic heterocycles. The van der Waals surface area contributed by atoms with Crippen molar-refractivity contribution in [2.75, 3.05) is 18.5 Å². The Morgan fingerprint density at radius 2 is 1.46 bits per heavy atom. The Morgan fingerprint density at radius 1 is 0.840 bits per heavy atom. The molecule has 4 aromatic carbocycles. The largest absolute Gasteiger partial charge is 0.416 e. The fourth-order valence-corrected chi connectivity index (χ4v) is 7.12. The Kier molecular flexibility index (Phi) is 9.67. The van der Waals surface area contributed by atoms with Crippen molar-refractivity contribution in [2.24, 2.45) is 0 Å². The van der Waals surface area contributed by atoms with Gasteiger partial charge in [0.25, 0.3) is 0 Å². The van der Waals surface area contributed by atoms with Crippen LogP contribution < -0.4 is 10.0 Å². The molecule has 5 aromatic rings. The van der Waals surface area contributed by atoms with Gasteiger partial charge >= 0.3 is 12.4 Å². The average molecular weight is 721 g/mol. The Balaban J connectivity index is 1.33. The summed E-state index contributed by atoms with van der Waals surface area (Å²) < 4.78 is 116. The number of aliphatic hydroxyl groups is 2. The molecule has 0 saturated carbocycles. The van der Waals surface area contributed by atoms with Crippen molar-refractivity contribution in [1.29, 1.82) is 0 Å². The van der Waals surface area contributed by atoms with Gasteiger partial charge < -0.3 is 24.8 Å². The van der Waals surface area contributed by atoms with Crippen LogP contribution in [0.4, 0.5) is 32.3 Å². The molecule has 6 rings (SSSR count). The normalized spacial score (nSPS) is 20.2. The minimum absolute atomic E-state index is 0.00352. The second-order valence-electron chi connectivity index (χ2n) is 11.7. The smallest absolute Gasteiger partial charge is 0.394 e. The third-order valence-corrected chi connectivity index (χ3v) is 9.94. The number of halogens is 6. The second kappa shape index (κ2) is 13.7. The molecule has 50 heavy (non-hydrogen) atoms. The molecule has 2 heterocycles. The van der Waals surface area contributed by atoms with E-state index in [-0.39, 0.29) is 23.5 Å². The number of ether oxygens (including phenoxy) is 1. The molecule has 0 bridgehead atoms. The first-order chi connectivity index (χ1) is 23.7. The van der Waals surface area contributed by atoms with E-state index in [0.29, 0.717) is 12.1 Å². The summed E-state index contributed by atoms with van der Waals surface area (Å²) in [5, 5.41) is 25.0. The topological polar surface area (TPSA) is 126 Å². The number of aromatic nitrogens is 2.